The van der Waals surface area contributed by atoms with E-state index in [4.69, 9.17) is 17.3 Å². The summed E-state index contributed by atoms with van der Waals surface area (Å²) in [5, 5.41) is 1.04. The normalized spacial score (nSPS) is 10.8. The lowest BCUT2D eigenvalue weighted by atomic mass is 10.1. The van der Waals surface area contributed by atoms with E-state index < -0.39 is 0 Å². The third-order valence-electron chi connectivity index (χ3n) is 2.86. The van der Waals surface area contributed by atoms with Crippen molar-refractivity contribution in [2.75, 3.05) is 5.73 Å². The molecule has 0 bridgehead atoms. The lowest BCUT2D eigenvalue weighted by Gasteiger charge is -2.06. The van der Waals surface area contributed by atoms with Gasteiger partial charge in [0, 0.05) is 11.3 Å². The Bertz CT molecular complexity index is 826. The zero-order valence-electron chi connectivity index (χ0n) is 9.85. The number of nitrogens with zero attached hydrogens (tertiary/aromatic N) is 1. The van der Waals surface area contributed by atoms with Gasteiger partial charge in [0.25, 0.3) is 5.56 Å². The van der Waals surface area contributed by atoms with Gasteiger partial charge in [-0.3, -0.25) is 4.79 Å². The van der Waals surface area contributed by atoms with Crippen molar-refractivity contribution in [3.63, 3.8) is 0 Å². The van der Waals surface area contributed by atoms with Crippen LogP contribution in [-0.4, -0.2) is 9.97 Å². The van der Waals surface area contributed by atoms with Crippen molar-refractivity contribution >= 4 is 28.2 Å². The van der Waals surface area contributed by atoms with Crippen LogP contribution in [0.2, 0.25) is 5.02 Å². The predicted molar refractivity (Wildman–Crippen MR) is 77.2 cm³/mol. The monoisotopic (exact) mass is 271 g/mol. The van der Waals surface area contributed by atoms with Crippen LogP contribution in [0.1, 0.15) is 0 Å². The second kappa shape index (κ2) is 4.40. The number of fused-ring (bicyclic) bond motifs is 1. The van der Waals surface area contributed by atoms with Crippen molar-refractivity contribution < 1.29 is 0 Å². The van der Waals surface area contributed by atoms with Crippen LogP contribution in [0.3, 0.4) is 0 Å². The van der Waals surface area contributed by atoms with Gasteiger partial charge >= 0.3 is 0 Å². The van der Waals surface area contributed by atoms with Gasteiger partial charge < -0.3 is 10.7 Å². The van der Waals surface area contributed by atoms with Crippen LogP contribution in [0.15, 0.2) is 47.3 Å². The van der Waals surface area contributed by atoms with Gasteiger partial charge in [-0.1, -0.05) is 23.7 Å². The van der Waals surface area contributed by atoms with E-state index in [1.807, 2.05) is 6.07 Å². The molecule has 0 aliphatic carbocycles. The smallest absolute Gasteiger partial charge is 0.259 e. The number of hydrogen-bond acceptors (Lipinski definition) is 3. The minimum absolute atomic E-state index is 0.195. The maximum absolute atomic E-state index is 12.0. The number of anilines is 1. The van der Waals surface area contributed by atoms with Crippen LogP contribution >= 0.6 is 11.6 Å². The lowest BCUT2D eigenvalue weighted by Crippen LogP contribution is -2.09. The van der Waals surface area contributed by atoms with Crippen LogP contribution < -0.4 is 11.3 Å². The Morgan fingerprint density at radius 2 is 1.95 bits per heavy atom. The van der Waals surface area contributed by atoms with Crippen molar-refractivity contribution in [1.29, 1.82) is 0 Å². The fraction of sp³-hybridized carbons (Fsp3) is 0. The minimum Gasteiger partial charge on any atom is -0.399 e. The van der Waals surface area contributed by atoms with Crippen molar-refractivity contribution in [2.24, 2.45) is 0 Å². The topological polar surface area (TPSA) is 71.8 Å². The molecular weight excluding hydrogens is 262 g/mol. The van der Waals surface area contributed by atoms with E-state index in [-0.39, 0.29) is 5.56 Å². The molecule has 0 radical (unpaired) electrons. The third kappa shape index (κ3) is 2.06. The fourth-order valence-corrected chi connectivity index (χ4v) is 2.15. The second-order valence-electron chi connectivity index (χ2n) is 4.17. The van der Waals surface area contributed by atoms with Gasteiger partial charge in [0.1, 0.15) is 5.82 Å². The average molecular weight is 272 g/mol. The van der Waals surface area contributed by atoms with Gasteiger partial charge in [-0.25, -0.2) is 4.98 Å². The van der Waals surface area contributed by atoms with E-state index >= 15 is 0 Å². The molecule has 5 heteroatoms. The van der Waals surface area contributed by atoms with Gasteiger partial charge in [0.05, 0.1) is 15.9 Å². The molecule has 4 nitrogen and oxygen atoms in total. The first kappa shape index (κ1) is 11.7. The van der Waals surface area contributed by atoms with Crippen molar-refractivity contribution in [3.8, 4) is 11.4 Å². The quantitative estimate of drug-likeness (QED) is 0.669. The Hall–Kier alpha value is -2.33. The first-order valence-corrected chi connectivity index (χ1v) is 6.07. The second-order valence-corrected chi connectivity index (χ2v) is 4.58. The van der Waals surface area contributed by atoms with Gasteiger partial charge in [-0.05, 0) is 30.3 Å². The van der Waals surface area contributed by atoms with Crippen LogP contribution in [0.4, 0.5) is 5.69 Å². The molecule has 3 aromatic rings. The molecule has 0 fully saturated rings. The summed E-state index contributed by atoms with van der Waals surface area (Å²) in [4.78, 5) is 19.1. The van der Waals surface area contributed by atoms with Crippen LogP contribution in [0.5, 0.6) is 0 Å². The van der Waals surface area contributed by atoms with E-state index in [9.17, 15) is 4.79 Å². The molecule has 0 spiro atoms. The zero-order chi connectivity index (χ0) is 13.4. The molecule has 1 heterocycles. The summed E-state index contributed by atoms with van der Waals surface area (Å²) >= 11 is 6.12. The number of halogens is 1. The summed E-state index contributed by atoms with van der Waals surface area (Å²) in [6.07, 6.45) is 0. The summed E-state index contributed by atoms with van der Waals surface area (Å²) in [6, 6.07) is 12.2. The number of H-pyrrole nitrogens is 1. The van der Waals surface area contributed by atoms with Gasteiger partial charge in [-0.15, -0.1) is 0 Å². The van der Waals surface area contributed by atoms with E-state index in [0.29, 0.717) is 33.0 Å². The molecule has 0 saturated heterocycles. The van der Waals surface area contributed by atoms with Crippen LogP contribution in [-0.2, 0) is 0 Å². The molecule has 3 N–H and O–H groups in total. The Labute approximate surface area is 113 Å². The van der Waals surface area contributed by atoms with Gasteiger partial charge in [0.2, 0.25) is 0 Å². The SMILES string of the molecule is Nc1ccc(Cl)c(-c2nc3ccccc3c(=O)[nH]2)c1. The minimum atomic E-state index is -0.195. The van der Waals surface area contributed by atoms with Crippen LogP contribution in [0.25, 0.3) is 22.3 Å². The highest BCUT2D eigenvalue weighted by atomic mass is 35.5. The number of aromatic amines is 1. The van der Waals surface area contributed by atoms with E-state index in [1.54, 1.807) is 36.4 Å². The number of nitrogens with one attached hydrogen (secondary N) is 1. The molecule has 1 aromatic heterocycles. The molecular formula is C14H10ClN3O. The molecule has 0 atom stereocenters. The molecule has 0 amide bonds. The number of hydrogen-bond donors (Lipinski definition) is 2. The van der Waals surface area contributed by atoms with Gasteiger partial charge in [-0.2, -0.15) is 0 Å². The number of rotatable bonds is 1. The predicted octanol–water partition coefficient (Wildman–Crippen LogP) is 2.83. The summed E-state index contributed by atoms with van der Waals surface area (Å²) < 4.78 is 0. The standard InChI is InChI=1S/C14H10ClN3O/c15-11-6-5-8(16)7-10(11)13-17-12-4-2-1-3-9(12)14(19)18-13/h1-7H,16H2,(H,17,18,19). The molecule has 94 valence electrons. The Balaban J connectivity index is 2.31. The lowest BCUT2D eigenvalue weighted by molar-refractivity contribution is 1.18. The molecule has 0 unspecified atom stereocenters. The number of benzene rings is 2. The first-order valence-electron chi connectivity index (χ1n) is 5.69. The molecule has 0 aliphatic heterocycles. The molecule has 3 rings (SSSR count). The maximum Gasteiger partial charge on any atom is 0.259 e. The van der Waals surface area contributed by atoms with E-state index in [1.165, 1.54) is 0 Å². The average Bonchev–Trinajstić information content (AvgIpc) is 2.41. The highest BCUT2D eigenvalue weighted by molar-refractivity contribution is 6.33. The number of aromatic nitrogens is 2. The van der Waals surface area contributed by atoms with Gasteiger partial charge in [0.15, 0.2) is 0 Å². The summed E-state index contributed by atoms with van der Waals surface area (Å²) in [5.74, 6) is 0.418. The van der Waals surface area contributed by atoms with E-state index in [0.717, 1.165) is 0 Å². The highest BCUT2D eigenvalue weighted by Gasteiger charge is 2.09. The number of nitrogens with two attached hydrogens (primary N) is 1. The maximum atomic E-state index is 12.0. The van der Waals surface area contributed by atoms with Crippen molar-refractivity contribution in [3.05, 3.63) is 57.8 Å². The van der Waals surface area contributed by atoms with Crippen molar-refractivity contribution in [2.45, 2.75) is 0 Å². The Morgan fingerprint density at radius 1 is 1.16 bits per heavy atom. The van der Waals surface area contributed by atoms with E-state index in [2.05, 4.69) is 9.97 Å². The summed E-state index contributed by atoms with van der Waals surface area (Å²) in [6.45, 7) is 0. The Kier molecular flexibility index (Phi) is 2.72. The first-order chi connectivity index (χ1) is 9.15. The molecule has 19 heavy (non-hydrogen) atoms. The molecule has 0 aliphatic rings. The molecule has 2 aromatic carbocycles. The Morgan fingerprint density at radius 3 is 2.79 bits per heavy atom. The number of para-hydroxylation sites is 1. The highest BCUT2D eigenvalue weighted by Crippen LogP contribution is 2.27. The largest absolute Gasteiger partial charge is 0.399 e. The fourth-order valence-electron chi connectivity index (χ4n) is 1.94. The summed E-state index contributed by atoms with van der Waals surface area (Å²) in [7, 11) is 0. The molecule has 0 saturated carbocycles. The number of nitrogen functional groups attached to an aromatic ring is 1. The van der Waals surface area contributed by atoms with Crippen molar-refractivity contribution in [1.82, 2.24) is 9.97 Å². The van der Waals surface area contributed by atoms with Crippen LogP contribution in [0, 0.1) is 0 Å². The summed E-state index contributed by atoms with van der Waals surface area (Å²) in [5.41, 5.74) is 7.35. The third-order valence-corrected chi connectivity index (χ3v) is 3.19. The zero-order valence-corrected chi connectivity index (χ0v) is 10.6.